The molecule has 0 unspecified atom stereocenters. The van der Waals surface area contributed by atoms with Crippen LogP contribution in [0, 0.1) is 10.7 Å². The fraction of sp³-hybridized carbons (Fsp3) is 0. The summed E-state index contributed by atoms with van der Waals surface area (Å²) in [5.41, 5.74) is 0. The second-order valence-corrected chi connectivity index (χ2v) is 2.49. The Morgan fingerprint density at radius 1 is 1.70 bits per heavy atom. The van der Waals surface area contributed by atoms with Gasteiger partial charge in [0, 0.05) is 18.0 Å². The molecular weight excluding hydrogens is 170 g/mol. The van der Waals surface area contributed by atoms with E-state index in [0.29, 0.717) is 10.3 Å². The van der Waals surface area contributed by atoms with E-state index in [9.17, 15) is 0 Å². The third kappa shape index (κ3) is 1.87. The van der Waals surface area contributed by atoms with Gasteiger partial charge < -0.3 is 0 Å². The molecule has 1 aromatic rings. The number of hydrogen-bond acceptors (Lipinski definition) is 4. The zero-order chi connectivity index (χ0) is 7.40. The van der Waals surface area contributed by atoms with Crippen molar-refractivity contribution >= 4 is 23.4 Å². The minimum Gasteiger partial charge on any atom is -0.230 e. The highest BCUT2D eigenvalue weighted by atomic mass is 35.5. The van der Waals surface area contributed by atoms with Crippen molar-refractivity contribution in [2.24, 2.45) is 0 Å². The van der Waals surface area contributed by atoms with Gasteiger partial charge in [-0.1, -0.05) is 11.6 Å². The molecule has 0 aliphatic rings. The monoisotopic (exact) mass is 171 g/mol. The predicted octanol–water partition coefficient (Wildman–Crippen LogP) is 1.70. The Morgan fingerprint density at radius 3 is 3.10 bits per heavy atom. The summed E-state index contributed by atoms with van der Waals surface area (Å²) in [7, 11) is 0. The van der Waals surface area contributed by atoms with Crippen LogP contribution in [0.4, 0.5) is 0 Å². The first-order valence-electron chi connectivity index (χ1n) is 2.37. The highest BCUT2D eigenvalue weighted by Crippen LogP contribution is 2.11. The molecule has 0 aliphatic heterocycles. The largest absolute Gasteiger partial charge is 0.230 e. The molecule has 0 aromatic carbocycles. The van der Waals surface area contributed by atoms with Gasteiger partial charge >= 0.3 is 0 Å². The fourth-order valence-electron chi connectivity index (χ4n) is 0.410. The van der Waals surface area contributed by atoms with Gasteiger partial charge in [-0.15, -0.1) is 0 Å². The average molecular weight is 172 g/mol. The number of thiocyanates is 1. The molecule has 0 saturated heterocycles. The Bertz CT molecular complexity index is 270. The van der Waals surface area contributed by atoms with Gasteiger partial charge in [0.15, 0.2) is 0 Å². The topological polar surface area (TPSA) is 49.6 Å². The molecule has 1 heterocycles. The maximum Gasteiger partial charge on any atom is 0.203 e. The smallest absolute Gasteiger partial charge is 0.203 e. The molecule has 0 saturated carbocycles. The Labute approximate surface area is 67.1 Å². The Morgan fingerprint density at radius 2 is 2.50 bits per heavy atom. The minimum atomic E-state index is 0.354. The number of rotatable bonds is 1. The molecule has 10 heavy (non-hydrogen) atoms. The third-order valence-corrected chi connectivity index (χ3v) is 1.42. The highest BCUT2D eigenvalue weighted by molar-refractivity contribution is 8.03. The number of aromatic nitrogens is 2. The lowest BCUT2D eigenvalue weighted by atomic mass is 10.7. The molecule has 0 amide bonds. The summed E-state index contributed by atoms with van der Waals surface area (Å²) >= 11 is 6.40. The molecule has 0 radical (unpaired) electrons. The first-order chi connectivity index (χ1) is 4.83. The number of nitrogens with zero attached hydrogens (tertiary/aromatic N) is 3. The first kappa shape index (κ1) is 7.32. The SMILES string of the molecule is N#CSc1nccc(Cl)n1. The van der Waals surface area contributed by atoms with Crippen molar-refractivity contribution in [1.29, 1.82) is 5.26 Å². The van der Waals surface area contributed by atoms with Gasteiger partial charge in [-0.05, 0) is 6.07 Å². The van der Waals surface area contributed by atoms with Crippen molar-refractivity contribution in [1.82, 2.24) is 9.97 Å². The molecule has 50 valence electrons. The molecule has 0 N–H and O–H groups in total. The van der Waals surface area contributed by atoms with Crippen LogP contribution in [0.2, 0.25) is 5.15 Å². The van der Waals surface area contributed by atoms with Crippen LogP contribution in [0.15, 0.2) is 17.4 Å². The molecule has 0 bridgehead atoms. The quantitative estimate of drug-likeness (QED) is 0.279. The van der Waals surface area contributed by atoms with Crippen LogP contribution in [-0.4, -0.2) is 9.97 Å². The van der Waals surface area contributed by atoms with E-state index < -0.39 is 0 Å². The lowest BCUT2D eigenvalue weighted by Gasteiger charge is -1.89. The molecule has 1 aromatic heterocycles. The molecule has 0 fully saturated rings. The van der Waals surface area contributed by atoms with E-state index in [1.165, 1.54) is 6.20 Å². The van der Waals surface area contributed by atoms with Crippen LogP contribution < -0.4 is 0 Å². The van der Waals surface area contributed by atoms with Crippen molar-refractivity contribution in [3.05, 3.63) is 17.4 Å². The predicted molar refractivity (Wildman–Crippen MR) is 38.5 cm³/mol. The molecular formula is C5H2ClN3S. The first-order valence-corrected chi connectivity index (χ1v) is 3.57. The normalized spacial score (nSPS) is 8.80. The van der Waals surface area contributed by atoms with Crippen LogP contribution in [0.5, 0.6) is 0 Å². The highest BCUT2D eigenvalue weighted by Gasteiger charge is 1.95. The zero-order valence-corrected chi connectivity index (χ0v) is 6.35. The maximum atomic E-state index is 8.20. The van der Waals surface area contributed by atoms with Crippen molar-refractivity contribution < 1.29 is 0 Å². The van der Waals surface area contributed by atoms with Crippen molar-refractivity contribution in [3.8, 4) is 5.40 Å². The number of nitriles is 1. The van der Waals surface area contributed by atoms with Gasteiger partial charge in [0.2, 0.25) is 5.16 Å². The summed E-state index contributed by atoms with van der Waals surface area (Å²) in [5.74, 6) is 0. The maximum absolute atomic E-state index is 8.20. The second-order valence-electron chi connectivity index (χ2n) is 1.36. The molecule has 0 spiro atoms. The van der Waals surface area contributed by atoms with E-state index in [1.807, 2.05) is 5.40 Å². The molecule has 1 rings (SSSR count). The van der Waals surface area contributed by atoms with E-state index in [4.69, 9.17) is 16.9 Å². The lowest BCUT2D eigenvalue weighted by molar-refractivity contribution is 0.972. The van der Waals surface area contributed by atoms with Crippen molar-refractivity contribution in [2.45, 2.75) is 5.16 Å². The Kier molecular flexibility index (Phi) is 2.49. The molecule has 5 heteroatoms. The van der Waals surface area contributed by atoms with Crippen LogP contribution >= 0.6 is 23.4 Å². The molecule has 0 atom stereocenters. The zero-order valence-electron chi connectivity index (χ0n) is 4.78. The van der Waals surface area contributed by atoms with Crippen molar-refractivity contribution in [3.63, 3.8) is 0 Å². The van der Waals surface area contributed by atoms with Gasteiger partial charge in [0.25, 0.3) is 0 Å². The summed E-state index contributed by atoms with van der Waals surface area (Å²) in [5, 5.41) is 10.8. The molecule has 3 nitrogen and oxygen atoms in total. The van der Waals surface area contributed by atoms with Crippen LogP contribution in [0.3, 0.4) is 0 Å². The van der Waals surface area contributed by atoms with Crippen LogP contribution in [0.25, 0.3) is 0 Å². The van der Waals surface area contributed by atoms with Crippen LogP contribution in [0.1, 0.15) is 0 Å². The summed E-state index contributed by atoms with van der Waals surface area (Å²) in [6.07, 6.45) is 1.51. The second kappa shape index (κ2) is 3.40. The summed E-state index contributed by atoms with van der Waals surface area (Å²) in [6.45, 7) is 0. The van der Waals surface area contributed by atoms with Gasteiger partial charge in [0.05, 0.1) is 0 Å². The van der Waals surface area contributed by atoms with E-state index in [2.05, 4.69) is 9.97 Å². The third-order valence-electron chi connectivity index (χ3n) is 0.736. The van der Waals surface area contributed by atoms with Gasteiger partial charge in [-0.25, -0.2) is 9.97 Å². The Hall–Kier alpha value is -0.790. The Balaban J connectivity index is 2.87. The number of thioether (sulfide) groups is 1. The van der Waals surface area contributed by atoms with Gasteiger partial charge in [0.1, 0.15) is 10.6 Å². The van der Waals surface area contributed by atoms with E-state index in [0.717, 1.165) is 11.8 Å². The standard InChI is InChI=1S/C5H2ClN3S/c6-4-1-2-8-5(9-4)10-3-7/h1-2H. The number of halogens is 1. The number of hydrogen-bond donors (Lipinski definition) is 0. The fourth-order valence-corrected chi connectivity index (χ4v) is 0.936. The summed E-state index contributed by atoms with van der Waals surface area (Å²) < 4.78 is 0. The van der Waals surface area contributed by atoms with E-state index in [1.54, 1.807) is 6.07 Å². The molecule has 0 aliphatic carbocycles. The minimum absolute atomic E-state index is 0.354. The van der Waals surface area contributed by atoms with Gasteiger partial charge in [-0.3, -0.25) is 0 Å². The summed E-state index contributed by atoms with van der Waals surface area (Å²) in [4.78, 5) is 7.53. The van der Waals surface area contributed by atoms with E-state index >= 15 is 0 Å². The summed E-state index contributed by atoms with van der Waals surface area (Å²) in [6, 6.07) is 1.56. The van der Waals surface area contributed by atoms with Crippen LogP contribution in [-0.2, 0) is 0 Å². The lowest BCUT2D eigenvalue weighted by Crippen LogP contribution is -1.82. The van der Waals surface area contributed by atoms with Crippen molar-refractivity contribution in [2.75, 3.05) is 0 Å². The van der Waals surface area contributed by atoms with E-state index in [-0.39, 0.29) is 0 Å². The van der Waals surface area contributed by atoms with Gasteiger partial charge in [-0.2, -0.15) is 5.26 Å². The average Bonchev–Trinajstić information content (AvgIpc) is 1.88.